The number of sulfonamides is 1. The zero-order chi connectivity index (χ0) is 22.7. The van der Waals surface area contributed by atoms with Gasteiger partial charge < -0.3 is 9.57 Å². The number of carbonyl (C=O) groups excluding carboxylic acids is 1. The third kappa shape index (κ3) is 4.22. The molecule has 8 heteroatoms. The fourth-order valence-corrected chi connectivity index (χ4v) is 4.87. The topological polar surface area (TPSA) is 85.3 Å². The number of ether oxygens (including phenoxy) is 1. The van der Waals surface area contributed by atoms with Gasteiger partial charge in [0.15, 0.2) is 0 Å². The van der Waals surface area contributed by atoms with Gasteiger partial charge in [0.05, 0.1) is 29.8 Å². The molecule has 1 heterocycles. The molecule has 3 aromatic rings. The molecule has 0 atom stereocenters. The minimum Gasteiger partial charge on any atom is -0.465 e. The minimum atomic E-state index is -3.84. The summed E-state index contributed by atoms with van der Waals surface area (Å²) in [5.41, 5.74) is 3.55. The van der Waals surface area contributed by atoms with Crippen LogP contribution < -0.4 is 4.31 Å². The van der Waals surface area contributed by atoms with Crippen molar-refractivity contribution in [1.82, 2.24) is 0 Å². The van der Waals surface area contributed by atoms with Crippen LogP contribution in [0.1, 0.15) is 27.0 Å². The van der Waals surface area contributed by atoms with Crippen molar-refractivity contribution in [3.8, 4) is 0 Å². The van der Waals surface area contributed by atoms with Crippen molar-refractivity contribution in [1.29, 1.82) is 0 Å². The van der Waals surface area contributed by atoms with Gasteiger partial charge in [-0.25, -0.2) is 13.2 Å². The van der Waals surface area contributed by atoms with E-state index >= 15 is 0 Å². The lowest BCUT2D eigenvalue weighted by atomic mass is 10.1. The Morgan fingerprint density at radius 1 is 1.03 bits per heavy atom. The smallest absolute Gasteiger partial charge is 0.337 e. The number of esters is 1. The number of oxime groups is 1. The number of hydrogen-bond acceptors (Lipinski definition) is 6. The molecule has 1 aliphatic heterocycles. The van der Waals surface area contributed by atoms with E-state index in [0.29, 0.717) is 22.5 Å². The van der Waals surface area contributed by atoms with E-state index in [1.807, 2.05) is 37.3 Å². The molecule has 0 saturated heterocycles. The molecular weight excluding hydrogens is 428 g/mol. The summed E-state index contributed by atoms with van der Waals surface area (Å²) in [6, 6.07) is 20.9. The monoisotopic (exact) mass is 450 g/mol. The summed E-state index contributed by atoms with van der Waals surface area (Å²) in [5, 5.41) is 4.22. The molecule has 1 aliphatic rings. The summed E-state index contributed by atoms with van der Waals surface area (Å²) in [6.07, 6.45) is 0. The van der Waals surface area contributed by atoms with Gasteiger partial charge in [-0.15, -0.1) is 0 Å². The van der Waals surface area contributed by atoms with Crippen LogP contribution in [0, 0.1) is 6.92 Å². The van der Waals surface area contributed by atoms with Crippen molar-refractivity contribution in [2.75, 3.05) is 18.0 Å². The summed E-state index contributed by atoms with van der Waals surface area (Å²) in [5.74, 6) is -0.516. The maximum Gasteiger partial charge on any atom is 0.337 e. The number of benzene rings is 3. The van der Waals surface area contributed by atoms with E-state index in [1.54, 1.807) is 36.4 Å². The van der Waals surface area contributed by atoms with Crippen molar-refractivity contribution < 1.29 is 22.8 Å². The number of rotatable bonds is 6. The highest BCUT2D eigenvalue weighted by Crippen LogP contribution is 2.34. The van der Waals surface area contributed by atoms with Gasteiger partial charge in [-0.1, -0.05) is 53.2 Å². The Kier molecular flexibility index (Phi) is 5.96. The molecule has 0 amide bonds. The normalized spacial score (nSPS) is 14.3. The minimum absolute atomic E-state index is 0.00897. The second-order valence-corrected chi connectivity index (χ2v) is 9.21. The van der Waals surface area contributed by atoms with Crippen LogP contribution in [-0.2, 0) is 26.2 Å². The first-order valence-electron chi connectivity index (χ1n) is 9.95. The molecule has 7 nitrogen and oxygen atoms in total. The average molecular weight is 451 g/mol. The molecule has 0 spiro atoms. The molecule has 0 radical (unpaired) electrons. The number of aryl methyl sites for hydroxylation is 1. The Hall–Kier alpha value is -3.65. The second-order valence-electron chi connectivity index (χ2n) is 7.35. The quantitative estimate of drug-likeness (QED) is 0.420. The standard InChI is InChI=1S/C24H22N2O5S/c1-17-8-11-20(12-9-17)32(28,29)26-15-22(25-31-16-18-6-4-3-5-7-18)21-14-19(24(27)30-2)10-13-23(21)26/h3-14H,15-16H2,1-2H3/b25-22+. The number of methoxy groups -OCH3 is 1. The maximum absolute atomic E-state index is 13.4. The van der Waals surface area contributed by atoms with Crippen LogP contribution in [0.4, 0.5) is 5.69 Å². The van der Waals surface area contributed by atoms with Crippen molar-refractivity contribution >= 4 is 27.4 Å². The first-order valence-corrected chi connectivity index (χ1v) is 11.4. The van der Waals surface area contributed by atoms with E-state index in [2.05, 4.69) is 5.16 Å². The molecule has 164 valence electrons. The van der Waals surface area contributed by atoms with Gasteiger partial charge in [0.25, 0.3) is 10.0 Å². The second kappa shape index (κ2) is 8.84. The predicted octanol–water partition coefficient (Wildman–Crippen LogP) is 3.91. The van der Waals surface area contributed by atoms with E-state index in [-0.39, 0.29) is 18.0 Å². The van der Waals surface area contributed by atoms with Gasteiger partial charge in [0.2, 0.25) is 0 Å². The van der Waals surface area contributed by atoms with Crippen LogP contribution in [-0.4, -0.2) is 33.8 Å². The lowest BCUT2D eigenvalue weighted by Gasteiger charge is -2.19. The number of hydrogen-bond donors (Lipinski definition) is 0. The Balaban J connectivity index is 1.71. The predicted molar refractivity (Wildman–Crippen MR) is 121 cm³/mol. The molecule has 3 aromatic carbocycles. The number of nitrogens with zero attached hydrogens (tertiary/aromatic N) is 2. The molecular formula is C24H22N2O5S. The van der Waals surface area contributed by atoms with E-state index in [1.165, 1.54) is 17.5 Å². The van der Waals surface area contributed by atoms with E-state index in [9.17, 15) is 13.2 Å². The van der Waals surface area contributed by atoms with Gasteiger partial charge >= 0.3 is 5.97 Å². The molecule has 0 bridgehead atoms. The van der Waals surface area contributed by atoms with Crippen LogP contribution in [0.2, 0.25) is 0 Å². The zero-order valence-electron chi connectivity index (χ0n) is 17.7. The first kappa shape index (κ1) is 21.6. The summed E-state index contributed by atoms with van der Waals surface area (Å²) in [6.45, 7) is 2.12. The van der Waals surface area contributed by atoms with E-state index in [4.69, 9.17) is 9.57 Å². The Labute approximate surface area is 186 Å². The lowest BCUT2D eigenvalue weighted by Crippen LogP contribution is -2.30. The maximum atomic E-state index is 13.4. The van der Waals surface area contributed by atoms with Crippen LogP contribution in [0.3, 0.4) is 0 Å². The van der Waals surface area contributed by atoms with Crippen molar-refractivity contribution in [3.63, 3.8) is 0 Å². The Morgan fingerprint density at radius 2 is 1.75 bits per heavy atom. The fraction of sp³-hybridized carbons (Fsp3) is 0.167. The lowest BCUT2D eigenvalue weighted by molar-refractivity contribution is 0.0600. The van der Waals surface area contributed by atoms with Crippen LogP contribution in [0.25, 0.3) is 0 Å². The van der Waals surface area contributed by atoms with Crippen molar-refractivity contribution in [3.05, 3.63) is 95.1 Å². The Morgan fingerprint density at radius 3 is 2.44 bits per heavy atom. The van der Waals surface area contributed by atoms with Crippen LogP contribution >= 0.6 is 0 Å². The van der Waals surface area contributed by atoms with E-state index in [0.717, 1.165) is 11.1 Å². The summed E-state index contributed by atoms with van der Waals surface area (Å²) in [4.78, 5) is 17.7. The van der Waals surface area contributed by atoms with Crippen molar-refractivity contribution in [2.24, 2.45) is 5.16 Å². The molecule has 0 unspecified atom stereocenters. The molecule has 0 fully saturated rings. The van der Waals surface area contributed by atoms with E-state index < -0.39 is 16.0 Å². The highest BCUT2D eigenvalue weighted by molar-refractivity contribution is 7.93. The molecule has 0 N–H and O–H groups in total. The van der Waals surface area contributed by atoms with Crippen molar-refractivity contribution in [2.45, 2.75) is 18.4 Å². The summed E-state index contributed by atoms with van der Waals surface area (Å²) >= 11 is 0. The molecule has 0 saturated carbocycles. The first-order chi connectivity index (χ1) is 15.4. The average Bonchev–Trinajstić information content (AvgIpc) is 3.18. The van der Waals surface area contributed by atoms with Gasteiger partial charge in [0.1, 0.15) is 12.3 Å². The highest BCUT2D eigenvalue weighted by Gasteiger charge is 2.35. The molecule has 4 rings (SSSR count). The molecule has 0 aromatic heterocycles. The number of carbonyl (C=O) groups is 1. The Bertz CT molecular complexity index is 1270. The van der Waals surface area contributed by atoms with Crippen LogP contribution in [0.15, 0.2) is 82.8 Å². The summed E-state index contributed by atoms with van der Waals surface area (Å²) < 4.78 is 32.8. The fourth-order valence-electron chi connectivity index (χ4n) is 3.42. The third-order valence-corrected chi connectivity index (χ3v) is 6.92. The van der Waals surface area contributed by atoms with Gasteiger partial charge in [-0.05, 0) is 42.8 Å². The van der Waals surface area contributed by atoms with Gasteiger partial charge in [-0.2, -0.15) is 0 Å². The number of fused-ring (bicyclic) bond motifs is 1. The zero-order valence-corrected chi connectivity index (χ0v) is 18.5. The number of anilines is 1. The largest absolute Gasteiger partial charge is 0.465 e. The van der Waals surface area contributed by atoms with Crippen LogP contribution in [0.5, 0.6) is 0 Å². The summed E-state index contributed by atoms with van der Waals surface area (Å²) in [7, 11) is -2.54. The molecule has 32 heavy (non-hydrogen) atoms. The van der Waals surface area contributed by atoms with Gasteiger partial charge in [-0.3, -0.25) is 4.31 Å². The molecule has 0 aliphatic carbocycles. The van der Waals surface area contributed by atoms with Gasteiger partial charge in [0, 0.05) is 5.56 Å². The highest BCUT2D eigenvalue weighted by atomic mass is 32.2. The SMILES string of the molecule is COC(=O)c1ccc2c(c1)/C(=N/OCc1ccccc1)CN2S(=O)(=O)c1ccc(C)cc1. The third-order valence-electron chi connectivity index (χ3n) is 5.15.